The molecule has 0 radical (unpaired) electrons. The van der Waals surface area contributed by atoms with Gasteiger partial charge >= 0.3 is 0 Å². The first kappa shape index (κ1) is 19.4. The molecule has 27 heavy (non-hydrogen) atoms. The number of nitrogens with zero attached hydrogens (tertiary/aromatic N) is 1. The Morgan fingerprint density at radius 1 is 1.22 bits per heavy atom. The van der Waals surface area contributed by atoms with Crippen LogP contribution < -0.4 is 10.1 Å². The molecule has 0 aliphatic rings. The van der Waals surface area contributed by atoms with Crippen molar-refractivity contribution in [3.63, 3.8) is 0 Å². The number of hydrogen-bond donors (Lipinski definition) is 1. The number of rotatable bonds is 6. The van der Waals surface area contributed by atoms with Crippen molar-refractivity contribution in [2.24, 2.45) is 0 Å². The number of para-hydroxylation sites is 1. The molecule has 1 heterocycles. The van der Waals surface area contributed by atoms with Crippen molar-refractivity contribution in [3.8, 4) is 17.0 Å². The molecule has 3 rings (SSSR count). The Kier molecular flexibility index (Phi) is 6.14. The summed E-state index contributed by atoms with van der Waals surface area (Å²) in [6, 6.07) is 15.3. The van der Waals surface area contributed by atoms with E-state index >= 15 is 0 Å². The number of hydrogen-bond acceptors (Lipinski definition) is 4. The molecule has 140 valence electrons. The van der Waals surface area contributed by atoms with Gasteiger partial charge in [0.05, 0.1) is 5.69 Å². The molecule has 3 aromatic rings. The van der Waals surface area contributed by atoms with E-state index in [9.17, 15) is 4.79 Å². The normalized spacial score (nSPS) is 10.9. The van der Waals surface area contributed by atoms with Gasteiger partial charge in [-0.05, 0) is 36.6 Å². The van der Waals surface area contributed by atoms with E-state index in [0.29, 0.717) is 16.1 Å². The second kappa shape index (κ2) is 8.55. The number of aryl methyl sites for hydroxylation is 1. The maximum absolute atomic E-state index is 12.3. The molecule has 0 spiro atoms. The summed E-state index contributed by atoms with van der Waals surface area (Å²) in [5, 5.41) is 4.02. The van der Waals surface area contributed by atoms with Gasteiger partial charge < -0.3 is 4.74 Å². The van der Waals surface area contributed by atoms with Crippen molar-refractivity contribution in [2.45, 2.75) is 26.7 Å². The molecule has 0 saturated heterocycles. The van der Waals surface area contributed by atoms with Crippen LogP contribution in [0.3, 0.4) is 0 Å². The molecule has 0 unspecified atom stereocenters. The van der Waals surface area contributed by atoms with E-state index < -0.39 is 0 Å². The molecular weight excluding hydrogens is 380 g/mol. The Labute approximate surface area is 168 Å². The zero-order valence-corrected chi connectivity index (χ0v) is 17.0. The third-order valence-corrected chi connectivity index (χ3v) is 5.16. The summed E-state index contributed by atoms with van der Waals surface area (Å²) in [6.07, 6.45) is 0. The molecule has 0 aliphatic heterocycles. The summed E-state index contributed by atoms with van der Waals surface area (Å²) >= 11 is 7.49. The van der Waals surface area contributed by atoms with Crippen molar-refractivity contribution in [2.75, 3.05) is 11.9 Å². The van der Waals surface area contributed by atoms with Gasteiger partial charge in [-0.3, -0.25) is 10.1 Å². The lowest BCUT2D eigenvalue weighted by atomic mass is 10.0. The van der Waals surface area contributed by atoms with Crippen molar-refractivity contribution in [1.82, 2.24) is 4.98 Å². The fourth-order valence-corrected chi connectivity index (χ4v) is 3.78. The Morgan fingerprint density at radius 3 is 2.74 bits per heavy atom. The average molecular weight is 401 g/mol. The highest BCUT2D eigenvalue weighted by molar-refractivity contribution is 7.16. The van der Waals surface area contributed by atoms with Crippen LogP contribution in [0.4, 0.5) is 5.13 Å². The lowest BCUT2D eigenvalue weighted by Crippen LogP contribution is -2.20. The summed E-state index contributed by atoms with van der Waals surface area (Å²) in [7, 11) is 0. The largest absolute Gasteiger partial charge is 0.483 e. The van der Waals surface area contributed by atoms with Crippen LogP contribution >= 0.6 is 22.9 Å². The van der Waals surface area contributed by atoms with Crippen molar-refractivity contribution in [3.05, 3.63) is 64.0 Å². The number of benzene rings is 2. The number of carbonyl (C=O) groups is 1. The van der Waals surface area contributed by atoms with Gasteiger partial charge in [-0.2, -0.15) is 0 Å². The van der Waals surface area contributed by atoms with Gasteiger partial charge in [-0.25, -0.2) is 4.98 Å². The van der Waals surface area contributed by atoms with E-state index in [4.69, 9.17) is 16.3 Å². The van der Waals surface area contributed by atoms with E-state index in [1.54, 1.807) is 0 Å². The minimum Gasteiger partial charge on any atom is -0.483 e. The SMILES string of the molecule is Cc1sc(NC(=O)COc2ccccc2C(C)C)nc1-c1cccc(Cl)c1. The van der Waals surface area contributed by atoms with Crippen LogP contribution in [0.1, 0.15) is 30.2 Å². The van der Waals surface area contributed by atoms with Crippen LogP contribution in [0.15, 0.2) is 48.5 Å². The Morgan fingerprint density at radius 2 is 2.00 bits per heavy atom. The van der Waals surface area contributed by atoms with E-state index in [-0.39, 0.29) is 12.5 Å². The maximum atomic E-state index is 12.3. The van der Waals surface area contributed by atoms with Gasteiger partial charge in [0, 0.05) is 15.5 Å². The standard InChI is InChI=1S/C21H21ClN2O2S/c1-13(2)17-9-4-5-10-18(17)26-12-19(25)23-21-24-20(14(3)27-21)15-7-6-8-16(22)11-15/h4-11,13H,12H2,1-3H3,(H,23,24,25). The van der Waals surface area contributed by atoms with E-state index in [2.05, 4.69) is 24.1 Å². The van der Waals surface area contributed by atoms with E-state index in [0.717, 1.165) is 27.4 Å². The first-order valence-electron chi connectivity index (χ1n) is 8.69. The lowest BCUT2D eigenvalue weighted by Gasteiger charge is -2.13. The van der Waals surface area contributed by atoms with Crippen LogP contribution in [-0.4, -0.2) is 17.5 Å². The molecule has 0 fully saturated rings. The highest BCUT2D eigenvalue weighted by Crippen LogP contribution is 2.31. The Bertz CT molecular complexity index is 953. The number of aromatic nitrogens is 1. The van der Waals surface area contributed by atoms with Gasteiger partial charge in [-0.1, -0.05) is 55.8 Å². The minimum atomic E-state index is -0.236. The average Bonchev–Trinajstić information content (AvgIpc) is 3.00. The molecule has 0 saturated carbocycles. The number of thiazole rings is 1. The maximum Gasteiger partial charge on any atom is 0.264 e. The number of carbonyl (C=O) groups excluding carboxylic acids is 1. The summed E-state index contributed by atoms with van der Waals surface area (Å²) in [5.41, 5.74) is 2.83. The topological polar surface area (TPSA) is 51.2 Å². The highest BCUT2D eigenvalue weighted by Gasteiger charge is 2.14. The highest BCUT2D eigenvalue weighted by atomic mass is 35.5. The third kappa shape index (κ3) is 4.87. The predicted octanol–water partition coefficient (Wildman–Crippen LogP) is 5.91. The smallest absolute Gasteiger partial charge is 0.264 e. The van der Waals surface area contributed by atoms with Gasteiger partial charge in [-0.15, -0.1) is 11.3 Å². The number of nitrogens with one attached hydrogen (secondary N) is 1. The Hall–Kier alpha value is -2.37. The van der Waals surface area contributed by atoms with Crippen LogP contribution in [0.2, 0.25) is 5.02 Å². The first-order chi connectivity index (χ1) is 12.9. The summed E-state index contributed by atoms with van der Waals surface area (Å²) in [4.78, 5) is 17.8. The molecule has 2 aromatic carbocycles. The molecule has 0 aliphatic carbocycles. The van der Waals surface area contributed by atoms with Crippen LogP contribution in [0.25, 0.3) is 11.3 Å². The van der Waals surface area contributed by atoms with Crippen LogP contribution in [0.5, 0.6) is 5.75 Å². The van der Waals surface area contributed by atoms with Crippen molar-refractivity contribution in [1.29, 1.82) is 0 Å². The van der Waals surface area contributed by atoms with Gasteiger partial charge in [0.25, 0.3) is 5.91 Å². The molecule has 4 nitrogen and oxygen atoms in total. The first-order valence-corrected chi connectivity index (χ1v) is 9.88. The number of ether oxygens (including phenoxy) is 1. The van der Waals surface area contributed by atoms with Gasteiger partial charge in [0.1, 0.15) is 5.75 Å². The quantitative estimate of drug-likeness (QED) is 0.559. The second-order valence-corrected chi connectivity index (χ2v) is 8.10. The molecule has 6 heteroatoms. The lowest BCUT2D eigenvalue weighted by molar-refractivity contribution is -0.118. The van der Waals surface area contributed by atoms with Crippen LogP contribution in [0, 0.1) is 6.92 Å². The fraction of sp³-hybridized carbons (Fsp3) is 0.238. The molecule has 1 amide bonds. The summed E-state index contributed by atoms with van der Waals surface area (Å²) in [6.45, 7) is 6.10. The second-order valence-electron chi connectivity index (χ2n) is 6.46. The fourth-order valence-electron chi connectivity index (χ4n) is 2.74. The number of amides is 1. The van der Waals surface area contributed by atoms with Crippen molar-refractivity contribution >= 4 is 34.0 Å². The van der Waals surface area contributed by atoms with Crippen LogP contribution in [-0.2, 0) is 4.79 Å². The summed E-state index contributed by atoms with van der Waals surface area (Å²) < 4.78 is 5.72. The summed E-state index contributed by atoms with van der Waals surface area (Å²) in [5.74, 6) is 0.823. The van der Waals surface area contributed by atoms with Gasteiger partial charge in [0.15, 0.2) is 11.7 Å². The monoisotopic (exact) mass is 400 g/mol. The third-order valence-electron chi connectivity index (χ3n) is 4.04. The van der Waals surface area contributed by atoms with E-state index in [1.807, 2.05) is 55.5 Å². The minimum absolute atomic E-state index is 0.0607. The molecular formula is C21H21ClN2O2S. The molecule has 1 aromatic heterocycles. The molecule has 1 N–H and O–H groups in total. The van der Waals surface area contributed by atoms with E-state index in [1.165, 1.54) is 11.3 Å². The molecule has 0 atom stereocenters. The predicted molar refractivity (Wildman–Crippen MR) is 112 cm³/mol. The molecule has 0 bridgehead atoms. The number of anilines is 1. The zero-order valence-electron chi connectivity index (χ0n) is 15.5. The Balaban J connectivity index is 1.66. The van der Waals surface area contributed by atoms with Crippen molar-refractivity contribution < 1.29 is 9.53 Å². The zero-order chi connectivity index (χ0) is 19.4. The number of halogens is 1. The van der Waals surface area contributed by atoms with Gasteiger partial charge in [0.2, 0.25) is 0 Å².